The van der Waals surface area contributed by atoms with Gasteiger partial charge in [0.2, 0.25) is 0 Å². The molecule has 0 saturated carbocycles. The maximum absolute atomic E-state index is 2.26. The van der Waals surface area contributed by atoms with Crippen molar-refractivity contribution in [3.8, 4) is 0 Å². The smallest absolute Gasteiger partial charge is 0.0425 e. The standard InChI is InChI=1S/C16H15N/c1-17(14-8-3-2-4-9-14)16-12-11-13-7-5-6-10-15(13)16/h2-12,15H,1H3. The van der Waals surface area contributed by atoms with Gasteiger partial charge in [0.05, 0.1) is 0 Å². The summed E-state index contributed by atoms with van der Waals surface area (Å²) in [6, 6.07) is 10.5. The first-order chi connectivity index (χ1) is 8.36. The number of fused-ring (bicyclic) bond motifs is 1. The lowest BCUT2D eigenvalue weighted by molar-refractivity contribution is 0.873. The van der Waals surface area contributed by atoms with Crippen LogP contribution in [0.25, 0.3) is 0 Å². The summed E-state index contributed by atoms with van der Waals surface area (Å²) in [6.45, 7) is 0. The molecule has 0 saturated heterocycles. The predicted octanol–water partition coefficient (Wildman–Crippen LogP) is 3.69. The van der Waals surface area contributed by atoms with Gasteiger partial charge in [-0.3, -0.25) is 0 Å². The van der Waals surface area contributed by atoms with Gasteiger partial charge in [0.25, 0.3) is 0 Å². The van der Waals surface area contributed by atoms with Crippen LogP contribution in [-0.2, 0) is 0 Å². The van der Waals surface area contributed by atoms with Gasteiger partial charge >= 0.3 is 0 Å². The zero-order valence-corrected chi connectivity index (χ0v) is 9.88. The summed E-state index contributed by atoms with van der Waals surface area (Å²) in [5.41, 5.74) is 3.95. The molecule has 2 aliphatic carbocycles. The molecule has 17 heavy (non-hydrogen) atoms. The summed E-state index contributed by atoms with van der Waals surface area (Å²) in [5.74, 6) is 0.421. The summed E-state index contributed by atoms with van der Waals surface area (Å²) < 4.78 is 0. The Morgan fingerprint density at radius 1 is 1.00 bits per heavy atom. The van der Waals surface area contributed by atoms with Crippen molar-refractivity contribution in [1.29, 1.82) is 0 Å². The summed E-state index contributed by atoms with van der Waals surface area (Å²) in [6.07, 6.45) is 13.1. The van der Waals surface area contributed by atoms with Crippen LogP contribution in [0.4, 0.5) is 5.69 Å². The van der Waals surface area contributed by atoms with Crippen molar-refractivity contribution >= 4 is 5.69 Å². The third-order valence-electron chi connectivity index (χ3n) is 3.36. The monoisotopic (exact) mass is 221 g/mol. The molecular weight excluding hydrogens is 206 g/mol. The highest BCUT2D eigenvalue weighted by molar-refractivity contribution is 5.58. The molecule has 0 spiro atoms. The topological polar surface area (TPSA) is 3.24 Å². The number of para-hydroxylation sites is 1. The van der Waals surface area contributed by atoms with Crippen LogP contribution in [0.15, 0.2) is 78.1 Å². The second-order valence-electron chi connectivity index (χ2n) is 4.37. The van der Waals surface area contributed by atoms with Gasteiger partial charge in [-0.05, 0) is 23.8 Å². The van der Waals surface area contributed by atoms with Crippen LogP contribution >= 0.6 is 0 Å². The van der Waals surface area contributed by atoms with Gasteiger partial charge < -0.3 is 4.90 Å². The molecule has 0 aliphatic heterocycles. The number of hydrogen-bond acceptors (Lipinski definition) is 1. The second-order valence-corrected chi connectivity index (χ2v) is 4.37. The molecule has 1 aromatic carbocycles. The van der Waals surface area contributed by atoms with E-state index in [9.17, 15) is 0 Å². The molecule has 0 aromatic heterocycles. The normalized spacial score (nSPS) is 20.9. The van der Waals surface area contributed by atoms with Crippen molar-refractivity contribution in [1.82, 2.24) is 0 Å². The Balaban J connectivity index is 1.88. The second kappa shape index (κ2) is 4.10. The van der Waals surface area contributed by atoms with Gasteiger partial charge in [0.15, 0.2) is 0 Å². The number of benzene rings is 1. The summed E-state index contributed by atoms with van der Waals surface area (Å²) >= 11 is 0. The highest BCUT2D eigenvalue weighted by Gasteiger charge is 2.23. The quantitative estimate of drug-likeness (QED) is 0.736. The van der Waals surface area contributed by atoms with Gasteiger partial charge in [0, 0.05) is 24.4 Å². The average molecular weight is 221 g/mol. The van der Waals surface area contributed by atoms with E-state index in [2.05, 4.69) is 72.7 Å². The van der Waals surface area contributed by atoms with Crippen molar-refractivity contribution in [2.24, 2.45) is 5.92 Å². The Morgan fingerprint density at radius 3 is 2.65 bits per heavy atom. The number of rotatable bonds is 2. The highest BCUT2D eigenvalue weighted by atomic mass is 15.1. The Labute approximate surface area is 102 Å². The molecular formula is C16H15N. The predicted molar refractivity (Wildman–Crippen MR) is 72.8 cm³/mol. The molecule has 1 heteroatoms. The van der Waals surface area contributed by atoms with E-state index in [0.29, 0.717) is 5.92 Å². The Morgan fingerprint density at radius 2 is 1.82 bits per heavy atom. The van der Waals surface area contributed by atoms with Crippen LogP contribution in [0.3, 0.4) is 0 Å². The van der Waals surface area contributed by atoms with E-state index >= 15 is 0 Å². The maximum atomic E-state index is 2.26. The number of nitrogens with zero attached hydrogens (tertiary/aromatic N) is 1. The minimum absolute atomic E-state index is 0.421. The van der Waals surface area contributed by atoms with E-state index in [1.54, 1.807) is 0 Å². The molecule has 84 valence electrons. The fourth-order valence-electron chi connectivity index (χ4n) is 2.39. The first kappa shape index (κ1) is 10.2. The van der Waals surface area contributed by atoms with Gasteiger partial charge in [-0.25, -0.2) is 0 Å². The number of allylic oxidation sites excluding steroid dienone is 6. The lowest BCUT2D eigenvalue weighted by Gasteiger charge is -2.26. The van der Waals surface area contributed by atoms with E-state index < -0.39 is 0 Å². The molecule has 1 unspecified atom stereocenters. The van der Waals surface area contributed by atoms with Gasteiger partial charge in [-0.1, -0.05) is 48.6 Å². The molecule has 0 heterocycles. The minimum atomic E-state index is 0.421. The zero-order chi connectivity index (χ0) is 11.7. The Kier molecular flexibility index (Phi) is 2.45. The molecule has 1 aromatic rings. The number of hydrogen-bond donors (Lipinski definition) is 0. The van der Waals surface area contributed by atoms with E-state index in [4.69, 9.17) is 0 Å². The molecule has 0 fully saturated rings. The summed E-state index contributed by atoms with van der Waals surface area (Å²) in [7, 11) is 2.13. The maximum Gasteiger partial charge on any atom is 0.0425 e. The van der Waals surface area contributed by atoms with Crippen LogP contribution in [0.2, 0.25) is 0 Å². The molecule has 0 radical (unpaired) electrons. The van der Waals surface area contributed by atoms with Crippen molar-refractivity contribution in [2.45, 2.75) is 0 Å². The summed E-state index contributed by atoms with van der Waals surface area (Å²) in [4.78, 5) is 2.26. The van der Waals surface area contributed by atoms with E-state index in [-0.39, 0.29) is 0 Å². The molecule has 2 aliphatic rings. The van der Waals surface area contributed by atoms with Crippen LogP contribution < -0.4 is 4.90 Å². The number of anilines is 1. The van der Waals surface area contributed by atoms with E-state index in [1.165, 1.54) is 17.0 Å². The SMILES string of the molecule is CN(C1=CC=C2C=CC=CC21)c1ccccc1. The fraction of sp³-hybridized carbons (Fsp3) is 0.125. The summed E-state index contributed by atoms with van der Waals surface area (Å²) in [5, 5.41) is 0. The first-order valence-electron chi connectivity index (χ1n) is 5.92. The molecule has 1 nitrogen and oxygen atoms in total. The molecule has 0 N–H and O–H groups in total. The first-order valence-corrected chi connectivity index (χ1v) is 5.92. The van der Waals surface area contributed by atoms with Crippen LogP contribution in [0.1, 0.15) is 0 Å². The molecule has 0 amide bonds. The van der Waals surface area contributed by atoms with Crippen LogP contribution in [0.5, 0.6) is 0 Å². The van der Waals surface area contributed by atoms with Crippen LogP contribution in [0, 0.1) is 5.92 Å². The van der Waals surface area contributed by atoms with Crippen LogP contribution in [-0.4, -0.2) is 7.05 Å². The van der Waals surface area contributed by atoms with Crippen molar-refractivity contribution in [2.75, 3.05) is 11.9 Å². The van der Waals surface area contributed by atoms with E-state index in [0.717, 1.165) is 0 Å². The lowest BCUT2D eigenvalue weighted by Crippen LogP contribution is -2.21. The van der Waals surface area contributed by atoms with Crippen molar-refractivity contribution in [3.63, 3.8) is 0 Å². The van der Waals surface area contributed by atoms with Crippen molar-refractivity contribution in [3.05, 3.63) is 78.1 Å². The van der Waals surface area contributed by atoms with Gasteiger partial charge in [0.1, 0.15) is 0 Å². The van der Waals surface area contributed by atoms with Gasteiger partial charge in [-0.15, -0.1) is 0 Å². The lowest BCUT2D eigenvalue weighted by atomic mass is 9.95. The third kappa shape index (κ3) is 1.74. The average Bonchev–Trinajstić information content (AvgIpc) is 2.83. The Bertz CT molecular complexity index is 532. The fourth-order valence-corrected chi connectivity index (χ4v) is 2.39. The molecule has 1 atom stereocenters. The van der Waals surface area contributed by atoms with E-state index in [1.807, 2.05) is 6.07 Å². The Hall–Kier alpha value is -2.02. The zero-order valence-electron chi connectivity index (χ0n) is 9.88. The van der Waals surface area contributed by atoms with Gasteiger partial charge in [-0.2, -0.15) is 0 Å². The third-order valence-corrected chi connectivity index (χ3v) is 3.36. The molecule has 0 bridgehead atoms. The highest BCUT2D eigenvalue weighted by Crippen LogP contribution is 2.34. The molecule has 3 rings (SSSR count). The van der Waals surface area contributed by atoms with Crippen molar-refractivity contribution < 1.29 is 0 Å². The minimum Gasteiger partial charge on any atom is -0.347 e. The largest absolute Gasteiger partial charge is 0.347 e.